The van der Waals surface area contributed by atoms with Crippen LogP contribution in [0.2, 0.25) is 0 Å². The predicted octanol–water partition coefficient (Wildman–Crippen LogP) is 9.08. The Balaban J connectivity index is 0.000000890. The monoisotopic (exact) mass is 627 g/mol. The van der Waals surface area contributed by atoms with Gasteiger partial charge in [-0.05, 0) is 58.3 Å². The molecule has 0 amide bonds. The number of hydrogen-bond acceptors (Lipinski definition) is 2. The van der Waals surface area contributed by atoms with Crippen LogP contribution >= 0.6 is 0 Å². The number of hydrogen-bond donors (Lipinski definition) is 0. The van der Waals surface area contributed by atoms with E-state index in [1.54, 1.807) is 0 Å². The summed E-state index contributed by atoms with van der Waals surface area (Å²) < 4.78 is 0. The number of benzene rings is 2. The van der Waals surface area contributed by atoms with Gasteiger partial charge < -0.3 is 16.2 Å². The van der Waals surface area contributed by atoms with Gasteiger partial charge in [-0.15, -0.1) is 6.67 Å². The van der Waals surface area contributed by atoms with Crippen molar-refractivity contribution in [2.24, 2.45) is 0 Å². The zero-order chi connectivity index (χ0) is 23.4. The zero-order valence-corrected chi connectivity index (χ0v) is 23.9. The fourth-order valence-corrected chi connectivity index (χ4v) is 4.24. The molecule has 1 radical (unpaired) electrons. The summed E-state index contributed by atoms with van der Waals surface area (Å²) in [5, 5.41) is 0. The van der Waals surface area contributed by atoms with Gasteiger partial charge in [-0.1, -0.05) is 91.8 Å². The quantitative estimate of drug-likeness (QED) is 0.233. The normalized spacial score (nSPS) is 14.8. The number of anilines is 2. The molecule has 3 heteroatoms. The summed E-state index contributed by atoms with van der Waals surface area (Å²) in [6, 6.07) is 13.5. The van der Waals surface area contributed by atoms with Crippen LogP contribution in [0.1, 0.15) is 114 Å². The van der Waals surface area contributed by atoms with Crippen LogP contribution in [0.25, 0.3) is 0 Å². The average molecular weight is 628 g/mol. The van der Waals surface area contributed by atoms with Gasteiger partial charge in [0.2, 0.25) is 0 Å². The Morgan fingerprint density at radius 3 is 1.06 bits per heavy atom. The van der Waals surface area contributed by atoms with Crippen molar-refractivity contribution in [3.8, 4) is 0 Å². The molecule has 0 unspecified atom stereocenters. The van der Waals surface area contributed by atoms with Crippen LogP contribution in [-0.4, -0.2) is 0 Å². The van der Waals surface area contributed by atoms with Crippen molar-refractivity contribution in [2.75, 3.05) is 9.80 Å². The molecule has 0 aromatic heterocycles. The van der Waals surface area contributed by atoms with E-state index in [4.69, 9.17) is 0 Å². The Kier molecular flexibility index (Phi) is 10.3. The molecule has 1 heterocycles. The van der Waals surface area contributed by atoms with Gasteiger partial charge in [0.15, 0.2) is 0 Å². The second kappa shape index (κ2) is 12.3. The Hall–Kier alpha value is -1.48. The van der Waals surface area contributed by atoms with Crippen molar-refractivity contribution < 1.29 is 22.4 Å². The molecule has 0 atom stereocenters. The van der Waals surface area contributed by atoms with Crippen LogP contribution in [0.5, 0.6) is 0 Å². The van der Waals surface area contributed by atoms with E-state index in [0.717, 1.165) is 0 Å². The molecule has 1 aliphatic heterocycles. The van der Waals surface area contributed by atoms with Gasteiger partial charge in [-0.3, -0.25) is 0 Å². The van der Waals surface area contributed by atoms with Gasteiger partial charge in [0.05, 0.1) is 0 Å². The van der Waals surface area contributed by atoms with Gasteiger partial charge >= 0.3 is 0 Å². The molecule has 2 aromatic carbocycles. The van der Waals surface area contributed by atoms with Gasteiger partial charge in [-0.25, -0.2) is 12.8 Å². The summed E-state index contributed by atoms with van der Waals surface area (Å²) in [5.41, 5.74) is 8.29. The van der Waals surface area contributed by atoms with E-state index < -0.39 is 0 Å². The van der Waals surface area contributed by atoms with Crippen molar-refractivity contribution in [1.82, 2.24) is 0 Å². The molecule has 1 fully saturated rings. The predicted molar refractivity (Wildman–Crippen MR) is 141 cm³/mol. The van der Waals surface area contributed by atoms with E-state index in [1.165, 1.54) is 46.5 Å². The molecule has 1 aliphatic carbocycles. The van der Waals surface area contributed by atoms with Gasteiger partial charge in [-0.2, -0.15) is 0 Å². The van der Waals surface area contributed by atoms with Crippen molar-refractivity contribution >= 4 is 11.4 Å². The maximum absolute atomic E-state index is 2.33. The minimum Gasteiger partial charge on any atom is -0.479 e. The third-order valence-corrected chi connectivity index (χ3v) is 6.13. The summed E-state index contributed by atoms with van der Waals surface area (Å²) in [4.78, 5) is 4.65. The Morgan fingerprint density at radius 2 is 0.848 bits per heavy atom. The first kappa shape index (κ1) is 27.8. The molecule has 0 saturated heterocycles. The van der Waals surface area contributed by atoms with E-state index in [0.29, 0.717) is 23.7 Å². The first-order chi connectivity index (χ1) is 15.2. The van der Waals surface area contributed by atoms with Crippen LogP contribution in [0.15, 0.2) is 48.8 Å². The molecule has 185 valence electrons. The summed E-state index contributed by atoms with van der Waals surface area (Å²) >= 11 is 0. The summed E-state index contributed by atoms with van der Waals surface area (Å²) in [5.74, 6) is 1.92. The van der Waals surface area contributed by atoms with Crippen LogP contribution in [-0.2, 0) is 22.4 Å². The molecule has 0 bridgehead atoms. The zero-order valence-electron chi connectivity index (χ0n) is 21.7. The maximum atomic E-state index is 2.33. The number of para-hydroxylation sites is 2. The Bertz CT molecular complexity index is 798. The van der Waals surface area contributed by atoms with Crippen LogP contribution in [0.3, 0.4) is 0 Å². The largest absolute Gasteiger partial charge is 0.479 e. The molecular weight excluding hydrogens is 585 g/mol. The van der Waals surface area contributed by atoms with E-state index in [-0.39, 0.29) is 22.4 Å². The molecule has 0 spiro atoms. The van der Waals surface area contributed by atoms with Gasteiger partial charge in [0.1, 0.15) is 0 Å². The van der Waals surface area contributed by atoms with Crippen molar-refractivity contribution in [3.63, 3.8) is 0 Å². The second-order valence-corrected chi connectivity index (χ2v) is 10.3. The molecule has 33 heavy (non-hydrogen) atoms. The minimum atomic E-state index is 0. The SMILES string of the molecule is CC(C)c1cccc(C(C)C)c1N1C=CN(c2c(C(C)C)cccc2C(C)C)[CH-]1.[Au].[CH-]1CC1. The number of nitrogens with zero attached hydrogens (tertiary/aromatic N) is 2. The van der Waals surface area contributed by atoms with Gasteiger partial charge in [0, 0.05) is 33.8 Å². The third-order valence-electron chi connectivity index (χ3n) is 6.13. The molecule has 2 aromatic rings. The first-order valence-corrected chi connectivity index (χ1v) is 12.4. The molecule has 2 nitrogen and oxygen atoms in total. The molecule has 1 saturated carbocycles. The van der Waals surface area contributed by atoms with Crippen LogP contribution in [0.4, 0.5) is 11.4 Å². The van der Waals surface area contributed by atoms with Crippen LogP contribution < -0.4 is 9.80 Å². The summed E-state index contributed by atoms with van der Waals surface area (Å²) in [7, 11) is 0. The molecular formula is C30H42AuN2-2. The smallest absolute Gasteiger partial charge is 0.0195 e. The fourth-order valence-electron chi connectivity index (χ4n) is 4.24. The minimum absolute atomic E-state index is 0. The van der Waals surface area contributed by atoms with Crippen molar-refractivity contribution in [1.29, 1.82) is 0 Å². The Labute approximate surface area is 219 Å². The van der Waals surface area contributed by atoms with E-state index in [1.807, 2.05) is 0 Å². The Morgan fingerprint density at radius 1 is 0.576 bits per heavy atom. The van der Waals surface area contributed by atoms with Gasteiger partial charge in [0.25, 0.3) is 0 Å². The van der Waals surface area contributed by atoms with E-state index >= 15 is 0 Å². The molecule has 4 rings (SSSR count). The molecule has 0 N–H and O–H groups in total. The van der Waals surface area contributed by atoms with Crippen LogP contribution in [0, 0.1) is 13.1 Å². The second-order valence-electron chi connectivity index (χ2n) is 10.3. The summed E-state index contributed by atoms with van der Waals surface area (Å²) in [6.07, 6.45) is 9.43. The van der Waals surface area contributed by atoms with Crippen molar-refractivity contribution in [3.05, 3.63) is 84.1 Å². The van der Waals surface area contributed by atoms with E-state index in [2.05, 4.69) is 127 Å². The fraction of sp³-hybridized carbons (Fsp3) is 0.467. The van der Waals surface area contributed by atoms with Crippen molar-refractivity contribution in [2.45, 2.75) is 91.9 Å². The maximum Gasteiger partial charge on any atom is 0.0195 e. The van der Waals surface area contributed by atoms with E-state index in [9.17, 15) is 0 Å². The number of rotatable bonds is 6. The third kappa shape index (κ3) is 6.78. The standard InChI is InChI=1S/C27H37N2.C3H5.Au/c1-18(2)22-11-9-12-23(19(3)4)26(22)28-15-16-29(17-28)27-24(20(5)6)13-10-14-25(27)21(7)8;1-2-3-1;/h9-21H,1-8H3;1H,2-3H2;/q2*-1;. The topological polar surface area (TPSA) is 6.48 Å². The average Bonchev–Trinajstić information content (AvgIpc) is 3.56. The first-order valence-electron chi connectivity index (χ1n) is 12.4. The summed E-state index contributed by atoms with van der Waals surface area (Å²) in [6.45, 7) is 20.5. The molecule has 2 aliphatic rings.